The van der Waals surface area contributed by atoms with Crippen molar-refractivity contribution < 1.29 is 23.6 Å². The summed E-state index contributed by atoms with van der Waals surface area (Å²) in [7, 11) is 0. The van der Waals surface area contributed by atoms with Crippen LogP contribution in [0.5, 0.6) is 0 Å². The highest BCUT2D eigenvalue weighted by Crippen LogP contribution is 2.64. The van der Waals surface area contributed by atoms with Crippen LogP contribution < -0.4 is 10.6 Å². The van der Waals surface area contributed by atoms with Crippen molar-refractivity contribution in [2.45, 2.75) is 90.9 Å². The van der Waals surface area contributed by atoms with E-state index in [0.29, 0.717) is 42.5 Å². The minimum atomic E-state index is -0.849. The topological polar surface area (TPSA) is 139 Å². The van der Waals surface area contributed by atoms with Crippen molar-refractivity contribution in [1.29, 1.82) is 0 Å². The Morgan fingerprint density at radius 1 is 1.08 bits per heavy atom. The molecular weight excluding hydrogens is 673 g/mol. The molecule has 2 unspecified atom stereocenters. The maximum absolute atomic E-state index is 14.7. The van der Waals surface area contributed by atoms with E-state index >= 15 is 0 Å². The molecule has 13 heteroatoms. The van der Waals surface area contributed by atoms with Crippen LogP contribution in [0.3, 0.4) is 0 Å². The Morgan fingerprint density at radius 2 is 1.82 bits per heavy atom. The Hall–Kier alpha value is -4.71. The van der Waals surface area contributed by atoms with E-state index in [2.05, 4.69) is 26.7 Å². The second kappa shape index (κ2) is 13.8. The zero-order valence-electron chi connectivity index (χ0n) is 29.0. The van der Waals surface area contributed by atoms with E-state index in [4.69, 9.17) is 16.7 Å². The zero-order valence-corrected chi connectivity index (χ0v) is 29.7. The lowest BCUT2D eigenvalue weighted by Crippen LogP contribution is -2.49. The number of hydrogen-bond donors (Lipinski definition) is 2. The molecule has 51 heavy (non-hydrogen) atoms. The number of halogens is 2. The predicted molar refractivity (Wildman–Crippen MR) is 189 cm³/mol. The standard InChI is InChI=1S/C38H41ClFN7O4/c1-21-36-38(21)15-30(37(51)43-16-25-10-8-11-29(39)33(25)40)47(36)32(50)19-46-35-24(9-6-4-5-7-12-31(49)44-20-38)13-26(27-17-41-23(3)42-18-27)14-28(35)34(45-46)22(2)48/h8,10-11,13-14,17-18,21,30,36H,4-7,9,12,15-16,19-20H2,1-3H3,(H,43,51)(H,44,49)/t21?,30-,36?,38+/m0/s1. The molecule has 1 aliphatic carbocycles. The molecule has 3 aliphatic rings. The molecule has 2 aromatic heterocycles. The predicted octanol–water partition coefficient (Wildman–Crippen LogP) is 5.34. The Kier molecular flexibility index (Phi) is 9.38. The van der Waals surface area contributed by atoms with Gasteiger partial charge < -0.3 is 15.5 Å². The van der Waals surface area contributed by atoms with Gasteiger partial charge in [0.05, 0.1) is 10.5 Å². The summed E-state index contributed by atoms with van der Waals surface area (Å²) in [5, 5.41) is 11.2. The Labute approximate surface area is 300 Å². The van der Waals surface area contributed by atoms with Crippen molar-refractivity contribution in [3.63, 3.8) is 0 Å². The number of Topliss-reactive ketones (excluding diaryl/α,β-unsaturated/α-hetero) is 1. The van der Waals surface area contributed by atoms with Gasteiger partial charge in [0.25, 0.3) is 0 Å². The number of rotatable bonds is 5. The SMILES string of the molecule is CC(=O)c1nn2c3c(cc(-c4cnc(C)nc4)cc13)CCCCCCC(=O)NC[C@@]13C[C@@H](C(=O)NCc4cccc(Cl)c4F)N(C(=O)C2)C1C3C. The van der Waals surface area contributed by atoms with Gasteiger partial charge in [0, 0.05) is 66.8 Å². The Balaban J connectivity index is 1.27. The third-order valence-corrected chi connectivity index (χ3v) is 11.3. The van der Waals surface area contributed by atoms with E-state index < -0.39 is 23.2 Å². The van der Waals surface area contributed by atoms with Crippen LogP contribution in [0.4, 0.5) is 4.39 Å². The molecule has 2 aliphatic heterocycles. The number of carbonyl (C=O) groups excluding carboxylic acids is 4. The van der Waals surface area contributed by atoms with Crippen molar-refractivity contribution >= 4 is 46.0 Å². The van der Waals surface area contributed by atoms with E-state index in [0.717, 1.165) is 42.4 Å². The molecule has 4 aromatic rings. The van der Waals surface area contributed by atoms with E-state index in [1.165, 1.54) is 13.0 Å². The van der Waals surface area contributed by atoms with Crippen LogP contribution in [-0.2, 0) is 33.9 Å². The number of aryl methyl sites for hydroxylation is 2. The quantitative estimate of drug-likeness (QED) is 0.266. The number of nitrogens with one attached hydrogen (secondary N) is 2. The second-order valence-corrected chi connectivity index (χ2v) is 14.6. The van der Waals surface area contributed by atoms with Crippen molar-refractivity contribution in [3.05, 3.63) is 76.2 Å². The molecule has 4 atom stereocenters. The molecule has 2 bridgehead atoms. The fourth-order valence-electron chi connectivity index (χ4n) is 8.21. The van der Waals surface area contributed by atoms with Crippen LogP contribution in [0, 0.1) is 24.1 Å². The molecule has 0 radical (unpaired) electrons. The van der Waals surface area contributed by atoms with Gasteiger partial charge >= 0.3 is 0 Å². The second-order valence-electron chi connectivity index (χ2n) is 14.2. The minimum absolute atomic E-state index is 0.0343. The Morgan fingerprint density at radius 3 is 2.57 bits per heavy atom. The lowest BCUT2D eigenvalue weighted by molar-refractivity contribution is -0.140. The summed E-state index contributed by atoms with van der Waals surface area (Å²) in [6, 6.07) is 7.43. The number of hydrogen-bond acceptors (Lipinski definition) is 7. The number of benzene rings is 2. The average molecular weight is 714 g/mol. The fraction of sp³-hybridized carbons (Fsp3) is 0.447. The van der Waals surface area contributed by atoms with Crippen molar-refractivity contribution in [2.24, 2.45) is 11.3 Å². The van der Waals surface area contributed by atoms with E-state index in [9.17, 15) is 23.6 Å². The van der Waals surface area contributed by atoms with Crippen LogP contribution >= 0.6 is 11.6 Å². The highest BCUT2D eigenvalue weighted by atomic mass is 35.5. The van der Waals surface area contributed by atoms with Gasteiger partial charge in [-0.05, 0) is 67.9 Å². The summed E-state index contributed by atoms with van der Waals surface area (Å²) in [5.41, 5.74) is 3.31. The monoisotopic (exact) mass is 713 g/mol. The largest absolute Gasteiger partial charge is 0.355 e. The van der Waals surface area contributed by atoms with Crippen LogP contribution in [0.1, 0.15) is 79.8 Å². The van der Waals surface area contributed by atoms with Crippen LogP contribution in [0.15, 0.2) is 42.7 Å². The first kappa shape index (κ1) is 34.7. The molecule has 2 N–H and O–H groups in total. The van der Waals surface area contributed by atoms with Crippen LogP contribution in [0.2, 0.25) is 5.02 Å². The maximum Gasteiger partial charge on any atom is 0.245 e. The van der Waals surface area contributed by atoms with Gasteiger partial charge in [0.1, 0.15) is 29.9 Å². The van der Waals surface area contributed by atoms with E-state index in [1.54, 1.807) is 34.1 Å². The van der Waals surface area contributed by atoms with Gasteiger partial charge in [0.2, 0.25) is 17.7 Å². The molecular formula is C38H41ClFN7O4. The highest BCUT2D eigenvalue weighted by Gasteiger charge is 2.72. The van der Waals surface area contributed by atoms with E-state index in [1.807, 2.05) is 19.9 Å². The molecule has 7 rings (SSSR count). The third kappa shape index (κ3) is 6.50. The first-order valence-electron chi connectivity index (χ1n) is 17.6. The number of nitrogens with zero attached hydrogens (tertiary/aromatic N) is 5. The summed E-state index contributed by atoms with van der Waals surface area (Å²) in [4.78, 5) is 64.7. The number of carbonyl (C=O) groups is 4. The molecule has 1 saturated heterocycles. The normalized spacial score (nSPS) is 23.8. The molecule has 0 spiro atoms. The van der Waals surface area contributed by atoms with Gasteiger partial charge in [-0.3, -0.25) is 23.9 Å². The van der Waals surface area contributed by atoms with Gasteiger partial charge in [-0.15, -0.1) is 0 Å². The average Bonchev–Trinajstić information content (AvgIpc) is 3.36. The van der Waals surface area contributed by atoms with Crippen molar-refractivity contribution in [1.82, 2.24) is 35.3 Å². The molecule has 3 amide bonds. The first-order chi connectivity index (χ1) is 24.5. The highest BCUT2D eigenvalue weighted by molar-refractivity contribution is 6.30. The molecule has 1 saturated carbocycles. The number of ketones is 1. The molecule has 4 heterocycles. The zero-order chi connectivity index (χ0) is 36.0. The molecule has 266 valence electrons. The summed E-state index contributed by atoms with van der Waals surface area (Å²) in [5.74, 6) is -0.933. The van der Waals surface area contributed by atoms with E-state index in [-0.39, 0.29) is 58.9 Å². The molecule has 2 fully saturated rings. The number of piperidine rings is 1. The summed E-state index contributed by atoms with van der Waals surface area (Å²) < 4.78 is 16.3. The molecule has 11 nitrogen and oxygen atoms in total. The lowest BCUT2D eigenvalue weighted by atomic mass is 9.95. The summed E-state index contributed by atoms with van der Waals surface area (Å²) in [6.07, 6.45) is 8.29. The van der Waals surface area contributed by atoms with Gasteiger partial charge in [-0.1, -0.05) is 43.5 Å². The van der Waals surface area contributed by atoms with Crippen LogP contribution in [-0.4, -0.2) is 66.8 Å². The number of aromatic nitrogens is 4. The fourth-order valence-corrected chi connectivity index (χ4v) is 8.41. The number of amides is 3. The molecule has 2 aromatic carbocycles. The maximum atomic E-state index is 14.7. The Bertz CT molecular complexity index is 2050. The van der Waals surface area contributed by atoms with Gasteiger partial charge in [-0.2, -0.15) is 5.10 Å². The van der Waals surface area contributed by atoms with Gasteiger partial charge in [-0.25, -0.2) is 14.4 Å². The lowest BCUT2D eigenvalue weighted by Gasteiger charge is -2.28. The third-order valence-electron chi connectivity index (χ3n) is 11.0. The van der Waals surface area contributed by atoms with Gasteiger partial charge in [0.15, 0.2) is 5.78 Å². The van der Waals surface area contributed by atoms with Crippen LogP contribution in [0.25, 0.3) is 22.0 Å². The smallest absolute Gasteiger partial charge is 0.245 e. The first-order valence-corrected chi connectivity index (χ1v) is 18.0. The minimum Gasteiger partial charge on any atom is -0.355 e. The van der Waals surface area contributed by atoms with Crippen molar-refractivity contribution in [3.8, 4) is 11.1 Å². The summed E-state index contributed by atoms with van der Waals surface area (Å²) in [6.45, 7) is 5.38. The van der Waals surface area contributed by atoms with Crippen molar-refractivity contribution in [2.75, 3.05) is 6.54 Å². The summed E-state index contributed by atoms with van der Waals surface area (Å²) >= 11 is 5.97.